The van der Waals surface area contributed by atoms with Crippen LogP contribution in [0.2, 0.25) is 0 Å². The van der Waals surface area contributed by atoms with E-state index in [0.717, 1.165) is 41.0 Å². The summed E-state index contributed by atoms with van der Waals surface area (Å²) in [7, 11) is 1.67. The number of benzene rings is 2. The van der Waals surface area contributed by atoms with Crippen molar-refractivity contribution in [2.45, 2.75) is 32.6 Å². The predicted molar refractivity (Wildman–Crippen MR) is 133 cm³/mol. The third kappa shape index (κ3) is 6.95. The van der Waals surface area contributed by atoms with Crippen LogP contribution in [-0.2, 0) is 4.79 Å². The highest BCUT2D eigenvalue weighted by Crippen LogP contribution is 2.24. The van der Waals surface area contributed by atoms with Gasteiger partial charge in [0.25, 0.3) is 0 Å². The summed E-state index contributed by atoms with van der Waals surface area (Å²) in [6.45, 7) is 2.20. The Labute approximate surface area is 190 Å². The van der Waals surface area contributed by atoms with Crippen molar-refractivity contribution < 1.29 is 9.53 Å². The van der Waals surface area contributed by atoms with E-state index in [1.807, 2.05) is 66.9 Å². The number of methoxy groups -OCH3 is 1. The number of carbonyl (C=O) groups is 1. The summed E-state index contributed by atoms with van der Waals surface area (Å²) < 4.78 is 5.26. The second-order valence-corrected chi connectivity index (χ2v) is 7.54. The molecule has 3 rings (SSSR count). The molecule has 4 nitrogen and oxygen atoms in total. The molecule has 1 N–H and O–H groups in total. The molecule has 4 heteroatoms. The zero-order valence-corrected chi connectivity index (χ0v) is 18.8. The Kier molecular flexibility index (Phi) is 8.81. The van der Waals surface area contributed by atoms with E-state index < -0.39 is 0 Å². The van der Waals surface area contributed by atoms with Gasteiger partial charge in [0.2, 0.25) is 5.91 Å². The number of amides is 1. The minimum absolute atomic E-state index is 0.155. The Morgan fingerprint density at radius 2 is 1.78 bits per heavy atom. The number of anilines is 1. The first-order chi connectivity index (χ1) is 15.7. The van der Waals surface area contributed by atoms with Crippen LogP contribution in [0.15, 0.2) is 91.3 Å². The first kappa shape index (κ1) is 23.0. The van der Waals surface area contributed by atoms with E-state index in [1.54, 1.807) is 19.4 Å². The molecule has 0 bridgehead atoms. The summed E-state index contributed by atoms with van der Waals surface area (Å²) in [6.07, 6.45) is 13.5. The van der Waals surface area contributed by atoms with Crippen LogP contribution in [0.5, 0.6) is 5.75 Å². The Morgan fingerprint density at radius 3 is 2.44 bits per heavy atom. The highest BCUT2D eigenvalue weighted by Gasteiger charge is 2.03. The number of unbranched alkanes of at least 4 members (excludes halogenated alkanes) is 2. The van der Waals surface area contributed by atoms with E-state index in [2.05, 4.69) is 29.4 Å². The summed E-state index contributed by atoms with van der Waals surface area (Å²) in [4.78, 5) is 16.5. The number of hydrogen-bond acceptors (Lipinski definition) is 3. The maximum atomic E-state index is 12.4. The Morgan fingerprint density at radius 1 is 1.00 bits per heavy atom. The van der Waals surface area contributed by atoms with Crippen molar-refractivity contribution in [2.75, 3.05) is 12.4 Å². The fourth-order valence-electron chi connectivity index (χ4n) is 3.41. The van der Waals surface area contributed by atoms with Gasteiger partial charge in [-0.05, 0) is 65.4 Å². The van der Waals surface area contributed by atoms with Crippen molar-refractivity contribution in [2.24, 2.45) is 0 Å². The highest BCUT2D eigenvalue weighted by molar-refractivity contribution is 5.99. The molecule has 3 aromatic rings. The largest absolute Gasteiger partial charge is 0.497 e. The molecule has 1 heterocycles. The molecule has 0 aliphatic carbocycles. The molecule has 0 fully saturated rings. The lowest BCUT2D eigenvalue weighted by Crippen LogP contribution is -2.07. The number of allylic oxidation sites excluding steroid dienone is 3. The van der Waals surface area contributed by atoms with Crippen LogP contribution < -0.4 is 10.1 Å². The monoisotopic (exact) mass is 426 g/mol. The smallest absolute Gasteiger partial charge is 0.248 e. The molecule has 1 aromatic heterocycles. The first-order valence-corrected chi connectivity index (χ1v) is 11.0. The number of carbonyl (C=O) groups excluding carboxylic acids is 1. The van der Waals surface area contributed by atoms with Gasteiger partial charge in [-0.2, -0.15) is 0 Å². The topological polar surface area (TPSA) is 51.2 Å². The van der Waals surface area contributed by atoms with Gasteiger partial charge >= 0.3 is 0 Å². The van der Waals surface area contributed by atoms with Gasteiger partial charge < -0.3 is 10.1 Å². The molecule has 0 spiro atoms. The van der Waals surface area contributed by atoms with Crippen molar-refractivity contribution in [3.05, 3.63) is 96.8 Å². The lowest BCUT2D eigenvalue weighted by molar-refractivity contribution is -0.111. The zero-order chi connectivity index (χ0) is 22.6. The quantitative estimate of drug-likeness (QED) is 0.218. The molecule has 0 aliphatic heterocycles. The molecule has 0 saturated carbocycles. The van der Waals surface area contributed by atoms with Gasteiger partial charge in [-0.1, -0.05) is 62.2 Å². The molecule has 0 aliphatic rings. The molecule has 2 aromatic carbocycles. The Balaban J connectivity index is 1.64. The second-order valence-electron chi connectivity index (χ2n) is 7.54. The average Bonchev–Trinajstić information content (AvgIpc) is 2.84. The number of pyridine rings is 1. The van der Waals surface area contributed by atoms with Crippen LogP contribution in [0, 0.1) is 0 Å². The minimum atomic E-state index is -0.155. The summed E-state index contributed by atoms with van der Waals surface area (Å²) in [5.74, 6) is 0.684. The van der Waals surface area contributed by atoms with Gasteiger partial charge in [-0.25, -0.2) is 0 Å². The van der Waals surface area contributed by atoms with Crippen molar-refractivity contribution in [3.63, 3.8) is 0 Å². The molecule has 0 radical (unpaired) electrons. The molecule has 164 valence electrons. The van der Waals surface area contributed by atoms with Crippen LogP contribution in [0.1, 0.15) is 38.2 Å². The number of hydrogen-bond donors (Lipinski definition) is 1. The molecule has 1 amide bonds. The van der Waals surface area contributed by atoms with Crippen molar-refractivity contribution in [1.82, 2.24) is 4.98 Å². The average molecular weight is 427 g/mol. The van der Waals surface area contributed by atoms with E-state index in [4.69, 9.17) is 4.74 Å². The maximum absolute atomic E-state index is 12.4. The summed E-state index contributed by atoms with van der Waals surface area (Å²) in [5, 5.41) is 2.91. The Hall–Kier alpha value is -3.66. The standard InChI is InChI=1S/C28H30N2O2/c1-3-4-5-8-22(23-14-18-27(32-2)19-15-23)9-6-11-28(31)30-26-16-12-24(13-17-26)25-10-7-20-29-21-25/h6-7,9-21H,3-5,8H2,1-2H3,(H,30,31). The highest BCUT2D eigenvalue weighted by atomic mass is 16.5. The van der Waals surface area contributed by atoms with Crippen LogP contribution in [0.4, 0.5) is 5.69 Å². The second kappa shape index (κ2) is 12.3. The lowest BCUT2D eigenvalue weighted by Gasteiger charge is -2.08. The number of ether oxygens (including phenoxy) is 1. The van der Waals surface area contributed by atoms with E-state index in [-0.39, 0.29) is 5.91 Å². The number of rotatable bonds is 10. The number of aromatic nitrogens is 1. The van der Waals surface area contributed by atoms with Gasteiger partial charge in [0, 0.05) is 24.2 Å². The van der Waals surface area contributed by atoms with Crippen LogP contribution in [0.3, 0.4) is 0 Å². The van der Waals surface area contributed by atoms with Crippen molar-refractivity contribution in [3.8, 4) is 16.9 Å². The normalized spacial score (nSPS) is 11.5. The van der Waals surface area contributed by atoms with Gasteiger partial charge in [-0.3, -0.25) is 9.78 Å². The van der Waals surface area contributed by atoms with Gasteiger partial charge in [0.05, 0.1) is 7.11 Å². The van der Waals surface area contributed by atoms with Gasteiger partial charge in [-0.15, -0.1) is 0 Å². The minimum Gasteiger partial charge on any atom is -0.497 e. The van der Waals surface area contributed by atoms with Crippen LogP contribution >= 0.6 is 0 Å². The molecule has 0 atom stereocenters. The van der Waals surface area contributed by atoms with Crippen molar-refractivity contribution in [1.29, 1.82) is 0 Å². The first-order valence-electron chi connectivity index (χ1n) is 11.0. The van der Waals surface area contributed by atoms with E-state index in [0.29, 0.717) is 0 Å². The SMILES string of the molecule is CCCCCC(=CC=CC(=O)Nc1ccc(-c2cccnc2)cc1)c1ccc(OC)cc1. The molecule has 32 heavy (non-hydrogen) atoms. The Bertz CT molecular complexity index is 1040. The molecule has 0 unspecified atom stereocenters. The fraction of sp³-hybridized carbons (Fsp3) is 0.214. The summed E-state index contributed by atoms with van der Waals surface area (Å²) in [6, 6.07) is 19.7. The number of nitrogens with one attached hydrogen (secondary N) is 1. The van der Waals surface area contributed by atoms with Gasteiger partial charge in [0.1, 0.15) is 5.75 Å². The summed E-state index contributed by atoms with van der Waals surface area (Å²) >= 11 is 0. The van der Waals surface area contributed by atoms with E-state index in [9.17, 15) is 4.79 Å². The molecular weight excluding hydrogens is 396 g/mol. The third-order valence-corrected chi connectivity index (χ3v) is 5.20. The van der Waals surface area contributed by atoms with Crippen molar-refractivity contribution >= 4 is 17.2 Å². The molecule has 0 saturated heterocycles. The van der Waals surface area contributed by atoms with Crippen LogP contribution in [0.25, 0.3) is 16.7 Å². The lowest BCUT2D eigenvalue weighted by atomic mass is 9.99. The summed E-state index contributed by atoms with van der Waals surface area (Å²) in [5.41, 5.74) is 5.23. The fourth-order valence-corrected chi connectivity index (χ4v) is 3.41. The zero-order valence-electron chi connectivity index (χ0n) is 18.8. The van der Waals surface area contributed by atoms with E-state index in [1.165, 1.54) is 18.4 Å². The molecular formula is C28H30N2O2. The maximum Gasteiger partial charge on any atom is 0.248 e. The predicted octanol–water partition coefficient (Wildman–Crippen LogP) is 6.92. The number of nitrogens with zero attached hydrogens (tertiary/aromatic N) is 1. The van der Waals surface area contributed by atoms with Crippen LogP contribution in [-0.4, -0.2) is 18.0 Å². The van der Waals surface area contributed by atoms with Gasteiger partial charge in [0.15, 0.2) is 0 Å². The van der Waals surface area contributed by atoms with E-state index >= 15 is 0 Å². The third-order valence-electron chi connectivity index (χ3n) is 5.20.